The van der Waals surface area contributed by atoms with E-state index in [1.807, 2.05) is 0 Å². The minimum Gasteiger partial charge on any atom is -0.270 e. The van der Waals surface area contributed by atoms with Crippen LogP contribution in [0.5, 0.6) is 0 Å². The second-order valence-electron chi connectivity index (χ2n) is 8.24. The number of carbonyl (C=O) groups excluding carboxylic acids is 2. The van der Waals surface area contributed by atoms with Crippen LogP contribution in [0.3, 0.4) is 0 Å². The van der Waals surface area contributed by atoms with E-state index >= 15 is 0 Å². The first kappa shape index (κ1) is 18.4. The molecule has 0 N–H and O–H groups in total. The van der Waals surface area contributed by atoms with Gasteiger partial charge in [0.05, 0.1) is 19.1 Å². The molecule has 2 fully saturated rings. The van der Waals surface area contributed by atoms with Gasteiger partial charge in [0, 0.05) is 20.0 Å². The van der Waals surface area contributed by atoms with Crippen molar-refractivity contribution in [1.29, 1.82) is 0 Å². The summed E-state index contributed by atoms with van der Waals surface area (Å²) in [4.78, 5) is 36.3. The van der Waals surface area contributed by atoms with Crippen molar-refractivity contribution in [3.63, 3.8) is 0 Å². The van der Waals surface area contributed by atoms with Crippen LogP contribution in [0.1, 0.15) is 64.7 Å². The van der Waals surface area contributed by atoms with Crippen LogP contribution in [0.4, 0.5) is 4.79 Å². The minimum atomic E-state index is -0.421. The van der Waals surface area contributed by atoms with Crippen molar-refractivity contribution in [2.75, 3.05) is 26.7 Å². The number of hydrogen-bond donors (Lipinski definition) is 0. The molecule has 27 heavy (non-hydrogen) atoms. The molecule has 1 unspecified atom stereocenters. The molecule has 0 aromatic carbocycles. The quantitative estimate of drug-likeness (QED) is 0.548. The Morgan fingerprint density at radius 3 is 2.63 bits per heavy atom. The molecule has 0 aromatic rings. The van der Waals surface area contributed by atoms with Crippen molar-refractivity contribution < 1.29 is 14.2 Å². The number of amidine groups is 1. The molecule has 0 radical (unpaired) electrons. The van der Waals surface area contributed by atoms with Gasteiger partial charge in [0.15, 0.2) is 0 Å². The number of imide groups is 1. The molecule has 1 atom stereocenters. The van der Waals surface area contributed by atoms with Gasteiger partial charge in [-0.15, -0.1) is 0 Å². The SMILES string of the molecule is CCCCCN1C(=O)C2C(=NC3=[N+]2CCCN3C2CCCCC2)N(C)C1=O. The van der Waals surface area contributed by atoms with Gasteiger partial charge in [-0.25, -0.2) is 9.37 Å². The van der Waals surface area contributed by atoms with Gasteiger partial charge >= 0.3 is 12.0 Å². The first-order valence-electron chi connectivity index (χ1n) is 10.7. The van der Waals surface area contributed by atoms with Crippen molar-refractivity contribution in [2.45, 2.75) is 76.8 Å². The van der Waals surface area contributed by atoms with Crippen LogP contribution in [0, 0.1) is 0 Å². The summed E-state index contributed by atoms with van der Waals surface area (Å²) in [5.74, 6) is 1.46. The molecule has 1 aliphatic carbocycles. The Kier molecular flexibility index (Phi) is 5.19. The predicted molar refractivity (Wildman–Crippen MR) is 104 cm³/mol. The number of aliphatic imine (C=N–C) groups is 1. The number of nitrogens with zero attached hydrogens (tertiary/aromatic N) is 5. The average Bonchev–Trinajstić information content (AvgIpc) is 3.09. The third kappa shape index (κ3) is 3.15. The highest BCUT2D eigenvalue weighted by molar-refractivity contribution is 6.22. The highest BCUT2D eigenvalue weighted by Crippen LogP contribution is 2.29. The zero-order chi connectivity index (χ0) is 19.0. The molecule has 0 spiro atoms. The highest BCUT2D eigenvalue weighted by atomic mass is 16.2. The standard InChI is InChI=1S/C20H32N5O2/c1-3-4-8-12-25-18(26)16-17(22(2)20(25)27)21-19-23(13-9-14-24(16)19)15-10-6-5-7-11-15/h15-16H,3-14H2,1-2H3/q+1. The van der Waals surface area contributed by atoms with E-state index < -0.39 is 6.04 Å². The Balaban J connectivity index is 1.61. The van der Waals surface area contributed by atoms with Crippen LogP contribution in [0.25, 0.3) is 0 Å². The first-order chi connectivity index (χ1) is 13.1. The van der Waals surface area contributed by atoms with E-state index in [1.54, 1.807) is 11.9 Å². The summed E-state index contributed by atoms with van der Waals surface area (Å²) in [5, 5.41) is 0. The van der Waals surface area contributed by atoms with E-state index in [9.17, 15) is 9.59 Å². The van der Waals surface area contributed by atoms with Gasteiger partial charge in [-0.3, -0.25) is 19.5 Å². The van der Waals surface area contributed by atoms with Crippen molar-refractivity contribution in [2.24, 2.45) is 4.99 Å². The molecule has 3 amide bonds. The summed E-state index contributed by atoms with van der Waals surface area (Å²) in [6, 6.07) is -0.121. The van der Waals surface area contributed by atoms with Gasteiger partial charge in [0.25, 0.3) is 5.91 Å². The Morgan fingerprint density at radius 2 is 1.89 bits per heavy atom. The van der Waals surface area contributed by atoms with E-state index in [-0.39, 0.29) is 11.9 Å². The third-order valence-electron chi connectivity index (χ3n) is 6.44. The Hall–Kier alpha value is -1.92. The topological polar surface area (TPSA) is 59.2 Å². The smallest absolute Gasteiger partial charge is 0.270 e. The van der Waals surface area contributed by atoms with E-state index in [0.29, 0.717) is 18.4 Å². The molecule has 148 valence electrons. The maximum atomic E-state index is 13.2. The average molecular weight is 375 g/mol. The fourth-order valence-corrected chi connectivity index (χ4v) is 4.94. The van der Waals surface area contributed by atoms with Crippen LogP contribution in [0.2, 0.25) is 0 Å². The second kappa shape index (κ2) is 7.60. The van der Waals surface area contributed by atoms with Crippen LogP contribution in [-0.4, -0.2) is 81.8 Å². The molecule has 0 aromatic heterocycles. The van der Waals surface area contributed by atoms with Crippen molar-refractivity contribution in [3.05, 3.63) is 0 Å². The monoisotopic (exact) mass is 374 g/mol. The maximum absolute atomic E-state index is 13.2. The molecule has 7 nitrogen and oxygen atoms in total. The number of hydrogen-bond acceptors (Lipinski definition) is 4. The normalized spacial score (nSPS) is 26.5. The zero-order valence-electron chi connectivity index (χ0n) is 16.7. The number of likely N-dealkylation sites (N-methyl/N-ethyl adjacent to an activating group) is 1. The lowest BCUT2D eigenvalue weighted by Gasteiger charge is -2.35. The molecular formula is C20H32N5O2+. The molecule has 0 bridgehead atoms. The molecule has 3 aliphatic heterocycles. The number of amides is 3. The summed E-state index contributed by atoms with van der Waals surface area (Å²) < 4.78 is 2.16. The van der Waals surface area contributed by atoms with Gasteiger partial charge in [0.1, 0.15) is 0 Å². The highest BCUT2D eigenvalue weighted by Gasteiger charge is 2.54. The number of carbonyl (C=O) groups is 2. The number of guanidine groups is 1. The Labute approximate surface area is 161 Å². The molecule has 3 heterocycles. The molecule has 7 heteroatoms. The largest absolute Gasteiger partial charge is 0.392 e. The molecule has 4 rings (SSSR count). The van der Waals surface area contributed by atoms with E-state index in [4.69, 9.17) is 4.99 Å². The molecule has 1 saturated carbocycles. The van der Waals surface area contributed by atoms with Crippen LogP contribution >= 0.6 is 0 Å². The number of rotatable bonds is 5. The van der Waals surface area contributed by atoms with Gasteiger partial charge in [-0.1, -0.05) is 44.0 Å². The van der Waals surface area contributed by atoms with Gasteiger partial charge in [0.2, 0.25) is 11.9 Å². The summed E-state index contributed by atoms with van der Waals surface area (Å²) >= 11 is 0. The Morgan fingerprint density at radius 1 is 1.11 bits per heavy atom. The summed E-state index contributed by atoms with van der Waals surface area (Å²) in [6.45, 7) is 4.48. The lowest BCUT2D eigenvalue weighted by molar-refractivity contribution is -0.546. The van der Waals surface area contributed by atoms with E-state index in [1.165, 1.54) is 37.0 Å². The fourth-order valence-electron chi connectivity index (χ4n) is 4.94. The van der Waals surface area contributed by atoms with Crippen molar-refractivity contribution in [1.82, 2.24) is 14.7 Å². The first-order valence-corrected chi connectivity index (χ1v) is 10.7. The van der Waals surface area contributed by atoms with Crippen LogP contribution in [0.15, 0.2) is 4.99 Å². The number of urea groups is 1. The summed E-state index contributed by atoms with van der Waals surface area (Å²) in [7, 11) is 1.76. The molecule has 4 aliphatic rings. The van der Waals surface area contributed by atoms with Crippen LogP contribution in [-0.2, 0) is 4.79 Å². The number of unbranched alkanes of at least 4 members (excludes halogenated alkanes) is 2. The number of fused-ring (bicyclic) bond motifs is 2. The Bertz CT molecular complexity index is 680. The third-order valence-corrected chi connectivity index (χ3v) is 6.44. The summed E-state index contributed by atoms with van der Waals surface area (Å²) in [5.41, 5.74) is 0. The van der Waals surface area contributed by atoms with Gasteiger partial charge in [-0.05, 0) is 19.3 Å². The lowest BCUT2D eigenvalue weighted by atomic mass is 9.94. The maximum Gasteiger partial charge on any atom is 0.392 e. The summed E-state index contributed by atoms with van der Waals surface area (Å²) in [6.07, 6.45) is 10.3. The molecular weight excluding hydrogens is 342 g/mol. The minimum absolute atomic E-state index is 0.0894. The van der Waals surface area contributed by atoms with Crippen molar-refractivity contribution >= 4 is 23.7 Å². The molecule has 1 saturated heterocycles. The predicted octanol–water partition coefficient (Wildman–Crippen LogP) is 2.26. The van der Waals surface area contributed by atoms with Crippen molar-refractivity contribution in [3.8, 4) is 0 Å². The van der Waals surface area contributed by atoms with Gasteiger partial charge in [-0.2, -0.15) is 0 Å². The van der Waals surface area contributed by atoms with E-state index in [2.05, 4.69) is 16.4 Å². The van der Waals surface area contributed by atoms with Gasteiger partial charge < -0.3 is 0 Å². The van der Waals surface area contributed by atoms with E-state index in [0.717, 1.165) is 44.7 Å². The second-order valence-corrected chi connectivity index (χ2v) is 8.24. The van der Waals surface area contributed by atoms with Crippen LogP contribution < -0.4 is 0 Å². The lowest BCUT2D eigenvalue weighted by Crippen LogP contribution is -2.63. The fraction of sp³-hybridized carbons (Fsp3) is 0.800. The zero-order valence-corrected chi connectivity index (χ0v) is 16.7.